The first-order valence-electron chi connectivity index (χ1n) is 12.6. The van der Waals surface area contributed by atoms with Gasteiger partial charge in [-0.15, -0.1) is 0 Å². The number of aliphatic hydroxyl groups is 2. The quantitative estimate of drug-likeness (QED) is 0.585. The van der Waals surface area contributed by atoms with Crippen LogP contribution < -0.4 is 0 Å². The molecule has 8 nitrogen and oxygen atoms in total. The smallest absolute Gasteiger partial charge is 0.144 e. The van der Waals surface area contributed by atoms with Crippen LogP contribution in [-0.4, -0.2) is 105 Å². The Kier molecular flexibility index (Phi) is 4.84. The van der Waals surface area contributed by atoms with E-state index in [9.17, 15) is 15.0 Å². The highest BCUT2D eigenvalue weighted by molar-refractivity contribution is 5.90. The fourth-order valence-corrected chi connectivity index (χ4v) is 10.7. The van der Waals surface area contributed by atoms with Gasteiger partial charge in [0.2, 0.25) is 0 Å². The van der Waals surface area contributed by atoms with E-state index in [1.54, 1.807) is 28.4 Å². The Morgan fingerprint density at radius 2 is 1.88 bits per heavy atom. The average molecular weight is 466 g/mol. The van der Waals surface area contributed by atoms with Gasteiger partial charge in [-0.1, -0.05) is 6.92 Å². The lowest BCUT2D eigenvalue weighted by atomic mass is 9.42. The first-order chi connectivity index (χ1) is 15.8. The Labute approximate surface area is 195 Å². The molecule has 186 valence electrons. The number of rotatable bonds is 6. The van der Waals surface area contributed by atoms with Crippen molar-refractivity contribution in [2.45, 2.75) is 68.2 Å². The zero-order valence-corrected chi connectivity index (χ0v) is 20.5. The number of piperidine rings is 1. The first-order valence-corrected chi connectivity index (χ1v) is 12.6. The van der Waals surface area contributed by atoms with Crippen molar-refractivity contribution >= 4 is 5.78 Å². The van der Waals surface area contributed by atoms with E-state index in [2.05, 4.69) is 11.8 Å². The van der Waals surface area contributed by atoms with Gasteiger partial charge in [0.05, 0.1) is 36.9 Å². The SMILES string of the molecule is CCN1C[C@]2(COC)CC[C@H](OC)[C@@]34[C@@H]5C[C@H]6C(=O)[C@@H]5[C@](O)(C[C@@H]6OC)[C@](O)([C@@H](OC)[C@H]23)[C@@H]14. The molecule has 12 atom stereocenters. The van der Waals surface area contributed by atoms with Gasteiger partial charge >= 0.3 is 0 Å². The zero-order chi connectivity index (χ0) is 23.6. The molecule has 0 aromatic carbocycles. The fraction of sp³-hybridized carbons (Fsp3) is 0.960. The largest absolute Gasteiger partial charge is 0.386 e. The van der Waals surface area contributed by atoms with Crippen LogP contribution in [0.2, 0.25) is 0 Å². The van der Waals surface area contributed by atoms with Crippen molar-refractivity contribution in [1.82, 2.24) is 4.90 Å². The lowest BCUT2D eigenvalue weighted by Crippen LogP contribution is -2.81. The van der Waals surface area contributed by atoms with Crippen molar-refractivity contribution in [2.75, 3.05) is 48.1 Å². The summed E-state index contributed by atoms with van der Waals surface area (Å²) in [6.07, 6.45) is 1.53. The molecular formula is C25H39NO7. The maximum atomic E-state index is 13.8. The Balaban J connectivity index is 1.68. The number of Topliss-reactive ketones (excluding diaryl/α,β-unsaturated/α-hetero) is 1. The number of likely N-dealkylation sites (tertiary alicyclic amines) is 1. The molecule has 0 amide bonds. The van der Waals surface area contributed by atoms with Crippen LogP contribution >= 0.6 is 0 Å². The van der Waals surface area contributed by atoms with Crippen LogP contribution in [0.4, 0.5) is 0 Å². The number of fused-ring (bicyclic) bond motifs is 2. The summed E-state index contributed by atoms with van der Waals surface area (Å²) in [6, 6.07) is -0.353. The second-order valence-corrected chi connectivity index (χ2v) is 11.7. The molecule has 1 saturated heterocycles. The normalized spacial score (nSPS) is 58.7. The predicted molar refractivity (Wildman–Crippen MR) is 118 cm³/mol. The van der Waals surface area contributed by atoms with Gasteiger partial charge in [0.1, 0.15) is 17.0 Å². The number of methoxy groups -OCH3 is 4. The highest BCUT2D eigenvalue weighted by Gasteiger charge is 2.91. The molecule has 0 unspecified atom stereocenters. The maximum absolute atomic E-state index is 13.8. The number of hydrogen-bond donors (Lipinski definition) is 2. The number of ether oxygens (including phenoxy) is 4. The highest BCUT2D eigenvalue weighted by Crippen LogP contribution is 2.79. The van der Waals surface area contributed by atoms with Crippen LogP contribution in [0.15, 0.2) is 0 Å². The standard InChI is InChI=1S/C25H39NO7/c1-6-26-11-22(12-30-2)8-7-16(32-4)24-14-9-13-15(31-3)10-23(28,17(14)18(13)27)25(29,21(24)26)20(33-5)19(22)24/h13-17,19-21,28-29H,6-12H2,1-5H3/t13-,14-,15+,16+,17-,19-,20+,21+,22+,23-,24+,25+/m1/s1. The number of hydrogen-bond acceptors (Lipinski definition) is 8. The molecule has 2 N–H and O–H groups in total. The van der Waals surface area contributed by atoms with E-state index < -0.39 is 34.7 Å². The predicted octanol–water partition coefficient (Wildman–Crippen LogP) is 0.479. The van der Waals surface area contributed by atoms with Crippen LogP contribution in [0.3, 0.4) is 0 Å². The summed E-state index contributed by atoms with van der Waals surface area (Å²) in [7, 11) is 6.75. The molecule has 0 radical (unpaired) electrons. The van der Waals surface area contributed by atoms with E-state index in [1.807, 2.05) is 0 Å². The number of nitrogens with zero attached hydrogens (tertiary/aromatic N) is 1. The van der Waals surface area contributed by atoms with Gasteiger partial charge < -0.3 is 29.2 Å². The van der Waals surface area contributed by atoms with Crippen molar-refractivity contribution in [3.8, 4) is 0 Å². The molecule has 1 aliphatic heterocycles. The van der Waals surface area contributed by atoms with Crippen molar-refractivity contribution in [3.63, 3.8) is 0 Å². The molecule has 6 fully saturated rings. The maximum Gasteiger partial charge on any atom is 0.144 e. The Hall–Kier alpha value is -0.610. The number of likely N-dealkylation sites (N-methyl/N-ethyl adjacent to an activating group) is 1. The molecule has 8 heteroatoms. The van der Waals surface area contributed by atoms with Gasteiger partial charge in [-0.05, 0) is 31.7 Å². The van der Waals surface area contributed by atoms with Gasteiger partial charge in [0.25, 0.3) is 0 Å². The summed E-state index contributed by atoms with van der Waals surface area (Å²) < 4.78 is 24.1. The lowest BCUT2D eigenvalue weighted by Gasteiger charge is -2.69. The molecule has 7 bridgehead atoms. The van der Waals surface area contributed by atoms with E-state index in [1.165, 1.54) is 0 Å². The van der Waals surface area contributed by atoms with Crippen molar-refractivity contribution in [1.29, 1.82) is 0 Å². The molecule has 0 aromatic rings. The minimum absolute atomic E-state index is 0.0498. The topological polar surface area (TPSA) is 97.7 Å². The van der Waals surface area contributed by atoms with Gasteiger partial charge in [-0.3, -0.25) is 9.69 Å². The summed E-state index contributed by atoms with van der Waals surface area (Å²) in [5, 5.41) is 25.4. The van der Waals surface area contributed by atoms with Crippen molar-refractivity contribution in [3.05, 3.63) is 0 Å². The van der Waals surface area contributed by atoms with Gasteiger partial charge in [-0.25, -0.2) is 0 Å². The van der Waals surface area contributed by atoms with Crippen LogP contribution in [0.25, 0.3) is 0 Å². The molecular weight excluding hydrogens is 426 g/mol. The Bertz CT molecular complexity index is 855. The molecule has 33 heavy (non-hydrogen) atoms. The van der Waals surface area contributed by atoms with E-state index >= 15 is 0 Å². The summed E-state index contributed by atoms with van der Waals surface area (Å²) in [5.41, 5.74) is -3.95. The summed E-state index contributed by atoms with van der Waals surface area (Å²) in [6.45, 7) is 4.19. The summed E-state index contributed by atoms with van der Waals surface area (Å²) >= 11 is 0. The second-order valence-electron chi connectivity index (χ2n) is 11.7. The molecule has 6 rings (SSSR count). The summed E-state index contributed by atoms with van der Waals surface area (Å²) in [4.78, 5) is 16.1. The minimum atomic E-state index is -1.61. The average Bonchev–Trinajstić information content (AvgIpc) is 3.16. The number of ketones is 1. The molecule has 5 aliphatic carbocycles. The van der Waals surface area contributed by atoms with E-state index in [4.69, 9.17) is 18.9 Å². The van der Waals surface area contributed by atoms with E-state index in [0.717, 1.165) is 25.9 Å². The third-order valence-corrected chi connectivity index (χ3v) is 11.2. The second kappa shape index (κ2) is 6.99. The van der Waals surface area contributed by atoms with Crippen LogP contribution in [-0.2, 0) is 23.7 Å². The summed E-state index contributed by atoms with van der Waals surface area (Å²) in [5.74, 6) is -0.972. The van der Waals surface area contributed by atoms with Gasteiger partial charge in [0.15, 0.2) is 0 Å². The first kappa shape index (κ1) is 22.8. The van der Waals surface area contributed by atoms with Gasteiger partial charge in [0, 0.05) is 64.1 Å². The zero-order valence-electron chi connectivity index (χ0n) is 20.5. The third kappa shape index (κ3) is 2.15. The number of carbonyl (C=O) groups excluding carboxylic acids is 1. The van der Waals surface area contributed by atoms with Crippen LogP contribution in [0, 0.1) is 34.5 Å². The molecule has 6 aliphatic rings. The van der Waals surface area contributed by atoms with Crippen LogP contribution in [0.1, 0.15) is 32.6 Å². The van der Waals surface area contributed by atoms with E-state index in [-0.39, 0.29) is 47.5 Å². The van der Waals surface area contributed by atoms with Crippen molar-refractivity contribution < 1.29 is 34.0 Å². The van der Waals surface area contributed by atoms with Crippen LogP contribution in [0.5, 0.6) is 0 Å². The van der Waals surface area contributed by atoms with Crippen molar-refractivity contribution in [2.24, 2.45) is 34.5 Å². The monoisotopic (exact) mass is 465 g/mol. The van der Waals surface area contributed by atoms with Gasteiger partial charge in [-0.2, -0.15) is 0 Å². The molecule has 5 saturated carbocycles. The highest BCUT2D eigenvalue weighted by atomic mass is 16.5. The molecule has 0 aromatic heterocycles. The molecule has 1 spiro atoms. The number of carbonyl (C=O) groups is 1. The third-order valence-electron chi connectivity index (χ3n) is 11.2. The Morgan fingerprint density at radius 3 is 2.48 bits per heavy atom. The Morgan fingerprint density at radius 1 is 1.12 bits per heavy atom. The minimum Gasteiger partial charge on any atom is -0.386 e. The van der Waals surface area contributed by atoms with E-state index in [0.29, 0.717) is 13.0 Å². The molecule has 1 heterocycles. The fourth-order valence-electron chi connectivity index (χ4n) is 10.7. The lowest BCUT2D eigenvalue weighted by molar-refractivity contribution is -0.301.